The lowest BCUT2D eigenvalue weighted by Crippen LogP contribution is -2.41. The van der Waals surface area contributed by atoms with Crippen LogP contribution in [-0.4, -0.2) is 42.4 Å². The van der Waals surface area contributed by atoms with E-state index in [1.807, 2.05) is 4.90 Å². The second-order valence-corrected chi connectivity index (χ2v) is 3.53. The van der Waals surface area contributed by atoms with Crippen LogP contribution in [0.4, 0.5) is 0 Å². The normalized spacial score (nSPS) is 12.6. The number of nitrogens with zero attached hydrogens (tertiary/aromatic N) is 1. The highest BCUT2D eigenvalue weighted by atomic mass is 79.9. The van der Waals surface area contributed by atoms with Gasteiger partial charge in [-0.1, -0.05) is 22.9 Å². The Bertz CT molecular complexity index is 153. The Kier molecular flexibility index (Phi) is 7.28. The Balaban J connectivity index is 4.09. The highest BCUT2D eigenvalue weighted by molar-refractivity contribution is 9.09. The predicted molar refractivity (Wildman–Crippen MR) is 57.1 cm³/mol. The molecule has 3 nitrogen and oxygen atoms in total. The van der Waals surface area contributed by atoms with E-state index in [0.29, 0.717) is 24.5 Å². The zero-order valence-electron chi connectivity index (χ0n) is 8.55. The molecule has 0 bridgehead atoms. The Labute approximate surface area is 88.6 Å². The minimum absolute atomic E-state index is 0.131. The van der Waals surface area contributed by atoms with E-state index in [9.17, 15) is 4.79 Å². The van der Waals surface area contributed by atoms with Gasteiger partial charge >= 0.3 is 0 Å². The van der Waals surface area contributed by atoms with Gasteiger partial charge in [0.15, 0.2) is 0 Å². The SMILES string of the molecule is CCC(C)N(CCOC)C(=O)CBr. The van der Waals surface area contributed by atoms with Gasteiger partial charge in [-0.25, -0.2) is 0 Å². The van der Waals surface area contributed by atoms with Crippen molar-refractivity contribution in [2.24, 2.45) is 0 Å². The minimum Gasteiger partial charge on any atom is -0.383 e. The highest BCUT2D eigenvalue weighted by Gasteiger charge is 2.16. The number of hydrogen-bond acceptors (Lipinski definition) is 2. The summed E-state index contributed by atoms with van der Waals surface area (Å²) in [6.07, 6.45) is 0.975. The van der Waals surface area contributed by atoms with Gasteiger partial charge in [-0.15, -0.1) is 0 Å². The molecule has 0 aliphatic carbocycles. The van der Waals surface area contributed by atoms with Crippen molar-refractivity contribution in [3.05, 3.63) is 0 Å². The van der Waals surface area contributed by atoms with Crippen molar-refractivity contribution in [2.75, 3.05) is 25.6 Å². The van der Waals surface area contributed by atoms with Crippen LogP contribution in [0.1, 0.15) is 20.3 Å². The maximum absolute atomic E-state index is 11.4. The van der Waals surface area contributed by atoms with Crippen molar-refractivity contribution in [3.8, 4) is 0 Å². The average Bonchev–Trinajstić information content (AvgIpc) is 2.17. The van der Waals surface area contributed by atoms with Crippen molar-refractivity contribution < 1.29 is 9.53 Å². The lowest BCUT2D eigenvalue weighted by atomic mass is 10.2. The summed E-state index contributed by atoms with van der Waals surface area (Å²) in [5, 5.41) is 0.390. The Morgan fingerprint density at radius 1 is 1.62 bits per heavy atom. The third-order valence-electron chi connectivity index (χ3n) is 2.09. The van der Waals surface area contributed by atoms with Crippen LogP contribution in [0.2, 0.25) is 0 Å². The van der Waals surface area contributed by atoms with Gasteiger partial charge in [0.05, 0.1) is 11.9 Å². The molecule has 0 saturated heterocycles. The van der Waals surface area contributed by atoms with Crippen molar-refractivity contribution in [2.45, 2.75) is 26.3 Å². The minimum atomic E-state index is 0.131. The van der Waals surface area contributed by atoms with E-state index in [2.05, 4.69) is 29.8 Å². The van der Waals surface area contributed by atoms with E-state index < -0.39 is 0 Å². The molecule has 0 N–H and O–H groups in total. The fourth-order valence-corrected chi connectivity index (χ4v) is 1.40. The molecule has 1 unspecified atom stereocenters. The summed E-state index contributed by atoms with van der Waals surface area (Å²) in [5.74, 6) is 0.131. The van der Waals surface area contributed by atoms with Crippen molar-refractivity contribution in [1.29, 1.82) is 0 Å². The second kappa shape index (κ2) is 7.33. The zero-order valence-corrected chi connectivity index (χ0v) is 10.1. The van der Waals surface area contributed by atoms with Crippen LogP contribution in [0.15, 0.2) is 0 Å². The zero-order chi connectivity index (χ0) is 10.3. The maximum atomic E-state index is 11.4. The number of hydrogen-bond donors (Lipinski definition) is 0. The van der Waals surface area contributed by atoms with Gasteiger partial charge in [0.1, 0.15) is 0 Å². The Morgan fingerprint density at radius 2 is 2.23 bits per heavy atom. The molecule has 13 heavy (non-hydrogen) atoms. The molecular formula is C9H18BrNO2. The summed E-state index contributed by atoms with van der Waals surface area (Å²) in [6.45, 7) is 5.40. The molecule has 0 aromatic carbocycles. The predicted octanol–water partition coefficient (Wildman–Crippen LogP) is 1.65. The number of amides is 1. The largest absolute Gasteiger partial charge is 0.383 e. The van der Waals surface area contributed by atoms with E-state index in [0.717, 1.165) is 6.42 Å². The smallest absolute Gasteiger partial charge is 0.233 e. The molecule has 1 atom stereocenters. The Morgan fingerprint density at radius 3 is 2.62 bits per heavy atom. The monoisotopic (exact) mass is 251 g/mol. The number of methoxy groups -OCH3 is 1. The van der Waals surface area contributed by atoms with Crippen molar-refractivity contribution in [1.82, 2.24) is 4.90 Å². The lowest BCUT2D eigenvalue weighted by Gasteiger charge is -2.27. The molecule has 0 aliphatic heterocycles. The summed E-state index contributed by atoms with van der Waals surface area (Å²) in [5.41, 5.74) is 0. The summed E-state index contributed by atoms with van der Waals surface area (Å²) in [7, 11) is 1.65. The van der Waals surface area contributed by atoms with Crippen molar-refractivity contribution >= 4 is 21.8 Å². The van der Waals surface area contributed by atoms with Crippen LogP contribution in [0.5, 0.6) is 0 Å². The number of halogens is 1. The molecule has 0 saturated carbocycles. The first-order valence-corrected chi connectivity index (χ1v) is 5.63. The van der Waals surface area contributed by atoms with Crippen LogP contribution >= 0.6 is 15.9 Å². The number of alkyl halides is 1. The van der Waals surface area contributed by atoms with Gasteiger partial charge in [-0.3, -0.25) is 4.79 Å². The molecule has 1 amide bonds. The molecule has 0 spiro atoms. The van der Waals surface area contributed by atoms with Gasteiger partial charge in [-0.2, -0.15) is 0 Å². The van der Waals surface area contributed by atoms with Gasteiger partial charge in [-0.05, 0) is 13.3 Å². The molecular weight excluding hydrogens is 234 g/mol. The molecule has 0 heterocycles. The summed E-state index contributed by atoms with van der Waals surface area (Å²) in [6, 6.07) is 0.292. The quantitative estimate of drug-likeness (QED) is 0.673. The molecule has 0 radical (unpaired) electrons. The topological polar surface area (TPSA) is 29.5 Å². The van der Waals surface area contributed by atoms with E-state index in [1.165, 1.54) is 0 Å². The van der Waals surface area contributed by atoms with Gasteiger partial charge < -0.3 is 9.64 Å². The first-order valence-electron chi connectivity index (χ1n) is 4.51. The van der Waals surface area contributed by atoms with E-state index in [4.69, 9.17) is 4.74 Å². The fraction of sp³-hybridized carbons (Fsp3) is 0.889. The Hall–Kier alpha value is -0.0900. The molecule has 0 rings (SSSR count). The standard InChI is InChI=1S/C9H18BrNO2/c1-4-8(2)11(5-6-13-3)9(12)7-10/h8H,4-7H2,1-3H3. The van der Waals surface area contributed by atoms with Crippen LogP contribution < -0.4 is 0 Å². The lowest BCUT2D eigenvalue weighted by molar-refractivity contribution is -0.131. The maximum Gasteiger partial charge on any atom is 0.233 e. The summed E-state index contributed by atoms with van der Waals surface area (Å²) >= 11 is 3.17. The molecule has 0 fully saturated rings. The summed E-state index contributed by atoms with van der Waals surface area (Å²) in [4.78, 5) is 13.3. The number of carbonyl (C=O) groups is 1. The third-order valence-corrected chi connectivity index (χ3v) is 2.57. The fourth-order valence-electron chi connectivity index (χ4n) is 1.08. The molecule has 0 aromatic rings. The first-order chi connectivity index (χ1) is 6.17. The average molecular weight is 252 g/mol. The second-order valence-electron chi connectivity index (χ2n) is 2.97. The van der Waals surface area contributed by atoms with Crippen LogP contribution in [0.25, 0.3) is 0 Å². The molecule has 0 aromatic heterocycles. The van der Waals surface area contributed by atoms with Gasteiger partial charge in [0.2, 0.25) is 5.91 Å². The number of ether oxygens (including phenoxy) is 1. The molecule has 4 heteroatoms. The van der Waals surface area contributed by atoms with E-state index in [-0.39, 0.29) is 5.91 Å². The molecule has 78 valence electrons. The van der Waals surface area contributed by atoms with E-state index in [1.54, 1.807) is 7.11 Å². The number of rotatable bonds is 6. The molecule has 0 aliphatic rings. The first kappa shape index (κ1) is 12.9. The highest BCUT2D eigenvalue weighted by Crippen LogP contribution is 2.05. The van der Waals surface area contributed by atoms with Crippen LogP contribution in [0, 0.1) is 0 Å². The van der Waals surface area contributed by atoms with Crippen LogP contribution in [0.3, 0.4) is 0 Å². The third kappa shape index (κ3) is 4.62. The number of carbonyl (C=O) groups excluding carboxylic acids is 1. The summed E-state index contributed by atoms with van der Waals surface area (Å²) < 4.78 is 4.95. The van der Waals surface area contributed by atoms with Crippen molar-refractivity contribution in [3.63, 3.8) is 0 Å². The van der Waals surface area contributed by atoms with Crippen LogP contribution in [-0.2, 0) is 9.53 Å². The van der Waals surface area contributed by atoms with Gasteiger partial charge in [0.25, 0.3) is 0 Å². The van der Waals surface area contributed by atoms with E-state index >= 15 is 0 Å². The van der Waals surface area contributed by atoms with Gasteiger partial charge in [0, 0.05) is 19.7 Å².